The van der Waals surface area contributed by atoms with Crippen molar-refractivity contribution in [2.75, 3.05) is 38.7 Å². The van der Waals surface area contributed by atoms with E-state index in [-0.39, 0.29) is 12.0 Å². The number of hydrogen-bond donors (Lipinski definition) is 3. The van der Waals surface area contributed by atoms with Gasteiger partial charge < -0.3 is 20.4 Å². The number of benzene rings is 1. The summed E-state index contributed by atoms with van der Waals surface area (Å²) >= 11 is 0. The number of nitrogens with one attached hydrogen (secondary N) is 2. The lowest BCUT2D eigenvalue weighted by Crippen LogP contribution is -2.46. The summed E-state index contributed by atoms with van der Waals surface area (Å²) in [7, 11) is 2.05. The Morgan fingerprint density at radius 1 is 1.55 bits per heavy atom. The molecule has 0 bridgehead atoms. The number of ether oxygens (including phenoxy) is 1. The van der Waals surface area contributed by atoms with E-state index in [0.717, 1.165) is 18.7 Å². The summed E-state index contributed by atoms with van der Waals surface area (Å²) in [6.45, 7) is 4.92. The lowest BCUT2D eigenvalue weighted by molar-refractivity contribution is -0.0174. The highest BCUT2D eigenvalue weighted by atomic mass is 16.5. The fraction of sp³-hybridized carbons (Fsp3) is 0.500. The lowest BCUT2D eigenvalue weighted by Gasteiger charge is -2.30. The van der Waals surface area contributed by atoms with Crippen LogP contribution in [0, 0.1) is 6.92 Å². The van der Waals surface area contributed by atoms with E-state index < -0.39 is 0 Å². The monoisotopic (exact) mass is 278 g/mol. The van der Waals surface area contributed by atoms with E-state index in [1.807, 2.05) is 26.1 Å². The van der Waals surface area contributed by atoms with E-state index in [0.29, 0.717) is 24.4 Å². The smallest absolute Gasteiger partial charge is 0.253 e. The molecule has 1 fully saturated rings. The third kappa shape index (κ3) is 3.69. The van der Waals surface area contributed by atoms with Crippen LogP contribution in [0.15, 0.2) is 18.2 Å². The average Bonchev–Trinajstić information content (AvgIpc) is 2.44. The minimum atomic E-state index is -0.144. The summed E-state index contributed by atoms with van der Waals surface area (Å²) in [6.07, 6.45) is 0.0393. The SMILES string of the molecule is Cc1ccc(C(=O)NCC2CN(C)CCO2)c(NN)c1. The van der Waals surface area contributed by atoms with Gasteiger partial charge in [-0.05, 0) is 31.7 Å². The average molecular weight is 278 g/mol. The molecule has 2 rings (SSSR count). The molecule has 1 aromatic carbocycles. The zero-order chi connectivity index (χ0) is 14.5. The number of hydrazine groups is 1. The van der Waals surface area contributed by atoms with Crippen LogP contribution in [0.1, 0.15) is 15.9 Å². The van der Waals surface area contributed by atoms with Crippen molar-refractivity contribution >= 4 is 11.6 Å². The molecule has 1 unspecified atom stereocenters. The van der Waals surface area contributed by atoms with Crippen molar-refractivity contribution in [3.8, 4) is 0 Å². The maximum atomic E-state index is 12.2. The van der Waals surface area contributed by atoms with Crippen LogP contribution < -0.4 is 16.6 Å². The van der Waals surface area contributed by atoms with Gasteiger partial charge in [-0.2, -0.15) is 0 Å². The van der Waals surface area contributed by atoms with E-state index in [4.69, 9.17) is 10.6 Å². The van der Waals surface area contributed by atoms with Crippen molar-refractivity contribution in [2.45, 2.75) is 13.0 Å². The van der Waals surface area contributed by atoms with Crippen molar-refractivity contribution in [3.63, 3.8) is 0 Å². The molecule has 0 saturated carbocycles. The molecular formula is C14H22N4O2. The minimum Gasteiger partial charge on any atom is -0.374 e. The summed E-state index contributed by atoms with van der Waals surface area (Å²) in [5, 5.41) is 2.90. The molecule has 0 spiro atoms. The number of rotatable bonds is 4. The van der Waals surface area contributed by atoms with Crippen LogP contribution in [0.2, 0.25) is 0 Å². The van der Waals surface area contributed by atoms with E-state index in [9.17, 15) is 4.79 Å². The molecule has 20 heavy (non-hydrogen) atoms. The number of morpholine rings is 1. The van der Waals surface area contributed by atoms with Gasteiger partial charge in [0.15, 0.2) is 0 Å². The highest BCUT2D eigenvalue weighted by Gasteiger charge is 2.19. The Morgan fingerprint density at radius 3 is 3.05 bits per heavy atom. The molecule has 0 aromatic heterocycles. The van der Waals surface area contributed by atoms with Crippen LogP contribution in [0.4, 0.5) is 5.69 Å². The van der Waals surface area contributed by atoms with Gasteiger partial charge in [0.25, 0.3) is 5.91 Å². The minimum absolute atomic E-state index is 0.0393. The third-order valence-corrected chi connectivity index (χ3v) is 3.41. The summed E-state index contributed by atoms with van der Waals surface area (Å²) < 4.78 is 5.61. The molecule has 6 nitrogen and oxygen atoms in total. The Bertz CT molecular complexity index is 478. The number of nitrogens with two attached hydrogens (primary N) is 1. The fourth-order valence-electron chi connectivity index (χ4n) is 2.27. The Labute approximate surface area is 119 Å². The quantitative estimate of drug-likeness (QED) is 0.547. The molecule has 1 aliphatic heterocycles. The van der Waals surface area contributed by atoms with Gasteiger partial charge in [0.2, 0.25) is 0 Å². The maximum absolute atomic E-state index is 12.2. The Kier molecular flexibility index (Phi) is 4.94. The van der Waals surface area contributed by atoms with Gasteiger partial charge in [0.05, 0.1) is 24.0 Å². The highest BCUT2D eigenvalue weighted by Crippen LogP contribution is 2.16. The third-order valence-electron chi connectivity index (χ3n) is 3.41. The van der Waals surface area contributed by atoms with Gasteiger partial charge in [0, 0.05) is 19.6 Å². The van der Waals surface area contributed by atoms with E-state index in [2.05, 4.69) is 15.6 Å². The van der Waals surface area contributed by atoms with Crippen LogP contribution in [0.3, 0.4) is 0 Å². The fourth-order valence-corrected chi connectivity index (χ4v) is 2.27. The van der Waals surface area contributed by atoms with Crippen molar-refractivity contribution in [1.82, 2.24) is 10.2 Å². The zero-order valence-corrected chi connectivity index (χ0v) is 12.0. The summed E-state index contributed by atoms with van der Waals surface area (Å²) in [6, 6.07) is 5.51. The second kappa shape index (κ2) is 6.69. The first-order valence-electron chi connectivity index (χ1n) is 6.75. The van der Waals surface area contributed by atoms with Crippen molar-refractivity contribution in [2.24, 2.45) is 5.84 Å². The Hall–Kier alpha value is -1.63. The number of carbonyl (C=O) groups is 1. The van der Waals surface area contributed by atoms with Gasteiger partial charge in [-0.25, -0.2) is 0 Å². The number of aryl methyl sites for hydroxylation is 1. The molecule has 110 valence electrons. The number of hydrogen-bond acceptors (Lipinski definition) is 5. The number of carbonyl (C=O) groups excluding carboxylic acids is 1. The van der Waals surface area contributed by atoms with E-state index in [1.165, 1.54) is 0 Å². The molecule has 1 saturated heterocycles. The van der Waals surface area contributed by atoms with Crippen LogP contribution in [-0.4, -0.2) is 50.2 Å². The predicted octanol–water partition coefficient (Wildman–Crippen LogP) is 0.341. The zero-order valence-electron chi connectivity index (χ0n) is 12.0. The van der Waals surface area contributed by atoms with Gasteiger partial charge >= 0.3 is 0 Å². The van der Waals surface area contributed by atoms with Gasteiger partial charge in [-0.15, -0.1) is 0 Å². The van der Waals surface area contributed by atoms with Crippen molar-refractivity contribution in [3.05, 3.63) is 29.3 Å². The molecule has 4 N–H and O–H groups in total. The van der Waals surface area contributed by atoms with Crippen molar-refractivity contribution in [1.29, 1.82) is 0 Å². The first kappa shape index (κ1) is 14.8. The van der Waals surface area contributed by atoms with Gasteiger partial charge in [-0.1, -0.05) is 6.07 Å². The van der Waals surface area contributed by atoms with Gasteiger partial charge in [-0.3, -0.25) is 10.6 Å². The molecule has 1 heterocycles. The Balaban J connectivity index is 1.94. The summed E-state index contributed by atoms with van der Waals surface area (Å²) in [5.41, 5.74) is 4.78. The molecular weight excluding hydrogens is 256 g/mol. The topological polar surface area (TPSA) is 79.6 Å². The number of nitrogens with zero attached hydrogens (tertiary/aromatic N) is 1. The number of anilines is 1. The first-order valence-corrected chi connectivity index (χ1v) is 6.75. The van der Waals surface area contributed by atoms with Gasteiger partial charge in [0.1, 0.15) is 0 Å². The normalized spacial score (nSPS) is 19.6. The summed E-state index contributed by atoms with van der Waals surface area (Å²) in [5.74, 6) is 5.31. The van der Waals surface area contributed by atoms with Crippen LogP contribution in [0.5, 0.6) is 0 Å². The summed E-state index contributed by atoms with van der Waals surface area (Å²) in [4.78, 5) is 14.4. The molecule has 1 aliphatic rings. The molecule has 1 amide bonds. The lowest BCUT2D eigenvalue weighted by atomic mass is 10.1. The van der Waals surface area contributed by atoms with E-state index >= 15 is 0 Å². The largest absolute Gasteiger partial charge is 0.374 e. The second-order valence-corrected chi connectivity index (χ2v) is 5.16. The molecule has 1 atom stereocenters. The first-order chi connectivity index (χ1) is 9.60. The van der Waals surface area contributed by atoms with Crippen LogP contribution >= 0.6 is 0 Å². The number of amides is 1. The predicted molar refractivity (Wildman–Crippen MR) is 78.6 cm³/mol. The van der Waals surface area contributed by atoms with Crippen LogP contribution in [-0.2, 0) is 4.74 Å². The van der Waals surface area contributed by atoms with E-state index in [1.54, 1.807) is 6.07 Å². The number of likely N-dealkylation sites (N-methyl/N-ethyl adjacent to an activating group) is 1. The molecule has 1 aromatic rings. The van der Waals surface area contributed by atoms with Crippen LogP contribution in [0.25, 0.3) is 0 Å². The maximum Gasteiger partial charge on any atom is 0.253 e. The molecule has 0 radical (unpaired) electrons. The number of nitrogen functional groups attached to an aromatic ring is 1. The second-order valence-electron chi connectivity index (χ2n) is 5.16. The standard InChI is InChI=1S/C14H22N4O2/c1-10-3-4-12(13(7-10)17-15)14(19)16-8-11-9-18(2)5-6-20-11/h3-4,7,11,17H,5-6,8-9,15H2,1-2H3,(H,16,19). The Morgan fingerprint density at radius 2 is 2.35 bits per heavy atom. The molecule has 0 aliphatic carbocycles. The highest BCUT2D eigenvalue weighted by molar-refractivity contribution is 5.99. The molecule has 6 heteroatoms. The van der Waals surface area contributed by atoms with Crippen molar-refractivity contribution < 1.29 is 9.53 Å².